The molecular formula is C11H15N3OS. The first-order valence-electron chi connectivity index (χ1n) is 5.09. The van der Waals surface area contributed by atoms with E-state index in [0.717, 1.165) is 15.9 Å². The molecule has 1 unspecified atom stereocenters. The summed E-state index contributed by atoms with van der Waals surface area (Å²) >= 11 is 1.60. The maximum absolute atomic E-state index is 6.05. The maximum atomic E-state index is 6.05. The van der Waals surface area contributed by atoms with Gasteiger partial charge in [0.25, 0.3) is 0 Å². The lowest BCUT2D eigenvalue weighted by Crippen LogP contribution is -2.21. The molecule has 0 aliphatic rings. The Morgan fingerprint density at radius 1 is 1.56 bits per heavy atom. The Morgan fingerprint density at radius 2 is 2.38 bits per heavy atom. The van der Waals surface area contributed by atoms with Crippen LogP contribution in [0.25, 0.3) is 10.2 Å². The molecule has 1 heterocycles. The van der Waals surface area contributed by atoms with Gasteiger partial charge in [-0.3, -0.25) is 0 Å². The lowest BCUT2D eigenvalue weighted by Gasteiger charge is -2.15. The number of methoxy groups -OCH3 is 1. The average molecular weight is 237 g/mol. The summed E-state index contributed by atoms with van der Waals surface area (Å²) in [4.78, 5) is 4.25. The summed E-state index contributed by atoms with van der Waals surface area (Å²) in [5.74, 6) is 0. The molecule has 0 saturated carbocycles. The molecule has 0 amide bonds. The second kappa shape index (κ2) is 4.67. The second-order valence-electron chi connectivity index (χ2n) is 3.73. The first-order chi connectivity index (χ1) is 7.72. The van der Waals surface area contributed by atoms with E-state index in [4.69, 9.17) is 10.5 Å². The van der Waals surface area contributed by atoms with Crippen LogP contribution in [-0.2, 0) is 4.74 Å². The zero-order valence-corrected chi connectivity index (χ0v) is 10.2. The largest absolute Gasteiger partial charge is 0.395 e. The van der Waals surface area contributed by atoms with Gasteiger partial charge in [-0.1, -0.05) is 0 Å². The van der Waals surface area contributed by atoms with Crippen molar-refractivity contribution >= 4 is 32.9 Å². The monoisotopic (exact) mass is 237 g/mol. The van der Waals surface area contributed by atoms with Crippen molar-refractivity contribution in [2.45, 2.75) is 13.0 Å². The van der Waals surface area contributed by atoms with Crippen LogP contribution in [0.5, 0.6) is 0 Å². The van der Waals surface area contributed by atoms with Crippen LogP contribution in [0.3, 0.4) is 0 Å². The first-order valence-corrected chi connectivity index (χ1v) is 5.97. The van der Waals surface area contributed by atoms with Crippen molar-refractivity contribution in [2.75, 3.05) is 24.8 Å². The highest BCUT2D eigenvalue weighted by Crippen LogP contribution is 2.30. The number of nitrogen functional groups attached to an aromatic ring is 1. The molecule has 0 aliphatic carbocycles. The van der Waals surface area contributed by atoms with E-state index in [9.17, 15) is 0 Å². The van der Waals surface area contributed by atoms with E-state index in [1.807, 2.05) is 24.6 Å². The molecule has 2 aromatic rings. The Balaban J connectivity index is 2.27. The Hall–Kier alpha value is -1.33. The van der Waals surface area contributed by atoms with Crippen LogP contribution < -0.4 is 11.1 Å². The number of hydrogen-bond acceptors (Lipinski definition) is 5. The van der Waals surface area contributed by atoms with Crippen molar-refractivity contribution in [3.63, 3.8) is 0 Å². The van der Waals surface area contributed by atoms with Gasteiger partial charge in [0.1, 0.15) is 5.52 Å². The van der Waals surface area contributed by atoms with Crippen molar-refractivity contribution in [1.82, 2.24) is 4.98 Å². The van der Waals surface area contributed by atoms with E-state index in [0.29, 0.717) is 12.3 Å². The molecule has 5 heteroatoms. The van der Waals surface area contributed by atoms with Crippen LogP contribution in [0.2, 0.25) is 0 Å². The number of hydrogen-bond donors (Lipinski definition) is 2. The van der Waals surface area contributed by atoms with Crippen LogP contribution in [0.15, 0.2) is 17.6 Å². The minimum Gasteiger partial charge on any atom is -0.395 e. The topological polar surface area (TPSA) is 60.2 Å². The Morgan fingerprint density at radius 3 is 3.12 bits per heavy atom. The lowest BCUT2D eigenvalue weighted by atomic mass is 10.2. The third-order valence-electron chi connectivity index (χ3n) is 2.36. The molecule has 0 fully saturated rings. The summed E-state index contributed by atoms with van der Waals surface area (Å²) in [6, 6.07) is 4.25. The molecule has 3 N–H and O–H groups in total. The van der Waals surface area contributed by atoms with E-state index < -0.39 is 0 Å². The number of nitrogens with zero attached hydrogens (tertiary/aromatic N) is 1. The number of rotatable bonds is 4. The number of fused-ring (bicyclic) bond motifs is 1. The molecule has 1 aromatic carbocycles. The van der Waals surface area contributed by atoms with Crippen molar-refractivity contribution < 1.29 is 4.74 Å². The van der Waals surface area contributed by atoms with Gasteiger partial charge in [-0.05, 0) is 19.1 Å². The molecule has 0 saturated heterocycles. The number of anilines is 2. The minimum atomic E-state index is 0.225. The SMILES string of the molecule is COCC(C)Nc1ccc2scnc2c1N. The number of thiazole rings is 1. The van der Waals surface area contributed by atoms with E-state index >= 15 is 0 Å². The van der Waals surface area contributed by atoms with Crippen molar-refractivity contribution in [3.8, 4) is 0 Å². The second-order valence-corrected chi connectivity index (χ2v) is 4.61. The van der Waals surface area contributed by atoms with E-state index in [1.165, 1.54) is 0 Å². The number of nitrogens with two attached hydrogens (primary N) is 1. The first kappa shape index (κ1) is 11.2. The average Bonchev–Trinajstić information content (AvgIpc) is 2.71. The highest BCUT2D eigenvalue weighted by atomic mass is 32.1. The summed E-state index contributed by atoms with van der Waals surface area (Å²) in [5, 5.41) is 3.31. The summed E-state index contributed by atoms with van der Waals surface area (Å²) in [6.07, 6.45) is 0. The van der Waals surface area contributed by atoms with Crippen LogP contribution in [-0.4, -0.2) is 24.7 Å². The van der Waals surface area contributed by atoms with Gasteiger partial charge >= 0.3 is 0 Å². The Kier molecular flexibility index (Phi) is 3.26. The Labute approximate surface area is 98.4 Å². The highest BCUT2D eigenvalue weighted by molar-refractivity contribution is 7.16. The molecule has 86 valence electrons. The fraction of sp³-hybridized carbons (Fsp3) is 0.364. The van der Waals surface area contributed by atoms with Crippen molar-refractivity contribution in [1.29, 1.82) is 0 Å². The van der Waals surface area contributed by atoms with Crippen LogP contribution >= 0.6 is 11.3 Å². The predicted molar refractivity (Wildman–Crippen MR) is 69.0 cm³/mol. The van der Waals surface area contributed by atoms with Crippen molar-refractivity contribution in [3.05, 3.63) is 17.6 Å². The fourth-order valence-electron chi connectivity index (χ4n) is 1.64. The van der Waals surface area contributed by atoms with Gasteiger partial charge in [-0.25, -0.2) is 4.98 Å². The van der Waals surface area contributed by atoms with Gasteiger partial charge in [-0.2, -0.15) is 0 Å². The zero-order valence-electron chi connectivity index (χ0n) is 9.36. The molecule has 0 radical (unpaired) electrons. The summed E-state index contributed by atoms with van der Waals surface area (Å²) < 4.78 is 6.18. The van der Waals surface area contributed by atoms with Gasteiger partial charge < -0.3 is 15.8 Å². The predicted octanol–water partition coefficient (Wildman–Crippen LogP) is 2.33. The molecule has 0 aliphatic heterocycles. The number of ether oxygens (including phenoxy) is 1. The normalized spacial score (nSPS) is 12.9. The van der Waals surface area contributed by atoms with Gasteiger partial charge in [0.2, 0.25) is 0 Å². The number of nitrogens with one attached hydrogen (secondary N) is 1. The molecular weight excluding hydrogens is 222 g/mol. The molecule has 1 aromatic heterocycles. The van der Waals surface area contributed by atoms with E-state index in [-0.39, 0.29) is 6.04 Å². The standard InChI is InChI=1S/C11H15N3OS/c1-7(5-15-2)14-8-3-4-9-11(10(8)12)13-6-16-9/h3-4,6-7,14H,5,12H2,1-2H3. The molecule has 4 nitrogen and oxygen atoms in total. The number of benzene rings is 1. The quantitative estimate of drug-likeness (QED) is 0.801. The van der Waals surface area contributed by atoms with Gasteiger partial charge in [0, 0.05) is 13.2 Å². The zero-order chi connectivity index (χ0) is 11.5. The third-order valence-corrected chi connectivity index (χ3v) is 3.15. The molecule has 1 atom stereocenters. The van der Waals surface area contributed by atoms with Gasteiger partial charge in [0.05, 0.1) is 28.2 Å². The fourth-order valence-corrected chi connectivity index (χ4v) is 2.33. The van der Waals surface area contributed by atoms with Gasteiger partial charge in [-0.15, -0.1) is 11.3 Å². The molecule has 2 rings (SSSR count). The van der Waals surface area contributed by atoms with Crippen LogP contribution in [0.4, 0.5) is 11.4 Å². The smallest absolute Gasteiger partial charge is 0.106 e. The van der Waals surface area contributed by atoms with E-state index in [2.05, 4.69) is 10.3 Å². The van der Waals surface area contributed by atoms with E-state index in [1.54, 1.807) is 18.4 Å². The summed E-state index contributed by atoms with van der Waals surface area (Å²) in [7, 11) is 1.69. The number of aromatic nitrogens is 1. The molecule has 0 bridgehead atoms. The third kappa shape index (κ3) is 2.10. The maximum Gasteiger partial charge on any atom is 0.106 e. The van der Waals surface area contributed by atoms with Gasteiger partial charge in [0.15, 0.2) is 0 Å². The highest BCUT2D eigenvalue weighted by Gasteiger charge is 2.08. The summed E-state index contributed by atoms with van der Waals surface area (Å²) in [6.45, 7) is 2.70. The van der Waals surface area contributed by atoms with Crippen molar-refractivity contribution in [2.24, 2.45) is 0 Å². The lowest BCUT2D eigenvalue weighted by molar-refractivity contribution is 0.190. The Bertz CT molecular complexity index is 483. The minimum absolute atomic E-state index is 0.225. The summed E-state index contributed by atoms with van der Waals surface area (Å²) in [5.41, 5.74) is 10.4. The van der Waals surface area contributed by atoms with Crippen LogP contribution in [0.1, 0.15) is 6.92 Å². The molecule has 16 heavy (non-hydrogen) atoms. The van der Waals surface area contributed by atoms with Crippen LogP contribution in [0, 0.1) is 0 Å². The molecule has 0 spiro atoms.